The van der Waals surface area contributed by atoms with Gasteiger partial charge in [-0.3, -0.25) is 0 Å². The number of ether oxygens (including phenoxy) is 2. The van der Waals surface area contributed by atoms with E-state index in [0.717, 1.165) is 16.9 Å². The average Bonchev–Trinajstić information content (AvgIpc) is 2.58. The van der Waals surface area contributed by atoms with Crippen LogP contribution in [-0.2, 0) is 6.42 Å². The van der Waals surface area contributed by atoms with Gasteiger partial charge in [-0.15, -0.1) is 0 Å². The van der Waals surface area contributed by atoms with E-state index in [1.165, 1.54) is 12.1 Å². The lowest BCUT2D eigenvalue weighted by atomic mass is 9.91. The second-order valence-corrected chi connectivity index (χ2v) is 6.38. The maximum atomic E-state index is 13.6. The highest BCUT2D eigenvalue weighted by atomic mass is 19.1. The summed E-state index contributed by atoms with van der Waals surface area (Å²) in [5.41, 5.74) is 7.86. The van der Waals surface area contributed by atoms with Crippen molar-refractivity contribution in [3.8, 4) is 11.5 Å². The summed E-state index contributed by atoms with van der Waals surface area (Å²) >= 11 is 0. The second kappa shape index (κ2) is 8.69. The summed E-state index contributed by atoms with van der Waals surface area (Å²) in [7, 11) is 1.59. The smallest absolute Gasteiger partial charge is 0.123 e. The van der Waals surface area contributed by atoms with Crippen molar-refractivity contribution >= 4 is 0 Å². The summed E-state index contributed by atoms with van der Waals surface area (Å²) in [6, 6.07) is 12.5. The highest BCUT2D eigenvalue weighted by Gasteiger charge is 2.17. The highest BCUT2D eigenvalue weighted by molar-refractivity contribution is 5.39. The van der Waals surface area contributed by atoms with Crippen LogP contribution < -0.4 is 15.2 Å². The van der Waals surface area contributed by atoms with Crippen LogP contribution in [-0.4, -0.2) is 20.3 Å². The minimum Gasteiger partial charge on any atom is -0.496 e. The quantitative estimate of drug-likeness (QED) is 0.790. The monoisotopic (exact) mass is 331 g/mol. The van der Waals surface area contributed by atoms with E-state index in [9.17, 15) is 4.39 Å². The molecule has 130 valence electrons. The van der Waals surface area contributed by atoms with Crippen LogP contribution in [0.25, 0.3) is 0 Å². The van der Waals surface area contributed by atoms with Gasteiger partial charge in [0.1, 0.15) is 17.3 Å². The molecular weight excluding hydrogens is 305 g/mol. The molecule has 0 saturated heterocycles. The number of rotatable bonds is 8. The molecule has 0 radical (unpaired) electrons. The van der Waals surface area contributed by atoms with E-state index in [2.05, 4.69) is 13.8 Å². The van der Waals surface area contributed by atoms with Crippen LogP contribution in [0.2, 0.25) is 0 Å². The van der Waals surface area contributed by atoms with Gasteiger partial charge in [0.25, 0.3) is 0 Å². The van der Waals surface area contributed by atoms with Gasteiger partial charge in [-0.1, -0.05) is 26.0 Å². The van der Waals surface area contributed by atoms with Crippen molar-refractivity contribution in [1.82, 2.24) is 0 Å². The number of methoxy groups -OCH3 is 1. The standard InChI is InChI=1S/C20H26FNO2/c1-14(2)13-24-18-6-4-5-15(10-18)9-16(12-22)19-11-17(21)7-8-20(19)23-3/h4-8,10-11,14,16H,9,12-13,22H2,1-3H3. The number of hydrogen-bond acceptors (Lipinski definition) is 3. The third-order valence-electron chi connectivity index (χ3n) is 3.88. The first kappa shape index (κ1) is 18.3. The number of hydrogen-bond donors (Lipinski definition) is 1. The molecule has 1 atom stereocenters. The number of nitrogens with two attached hydrogens (primary N) is 1. The fourth-order valence-electron chi connectivity index (χ4n) is 2.65. The summed E-state index contributed by atoms with van der Waals surface area (Å²) in [5, 5.41) is 0. The molecule has 0 saturated carbocycles. The highest BCUT2D eigenvalue weighted by Crippen LogP contribution is 2.30. The lowest BCUT2D eigenvalue weighted by Crippen LogP contribution is -2.16. The van der Waals surface area contributed by atoms with Crippen LogP contribution in [0.1, 0.15) is 30.9 Å². The zero-order valence-corrected chi connectivity index (χ0v) is 14.6. The zero-order chi connectivity index (χ0) is 17.5. The molecule has 0 aliphatic carbocycles. The van der Waals surface area contributed by atoms with Crippen molar-refractivity contribution in [2.45, 2.75) is 26.2 Å². The molecule has 24 heavy (non-hydrogen) atoms. The van der Waals surface area contributed by atoms with Gasteiger partial charge in [0.15, 0.2) is 0 Å². The van der Waals surface area contributed by atoms with Crippen LogP contribution in [0.15, 0.2) is 42.5 Å². The summed E-state index contributed by atoms with van der Waals surface area (Å²) < 4.78 is 24.8. The Morgan fingerprint density at radius 1 is 1.12 bits per heavy atom. The molecule has 0 spiro atoms. The van der Waals surface area contributed by atoms with Crippen molar-refractivity contribution in [2.24, 2.45) is 11.7 Å². The molecule has 0 aliphatic rings. The molecule has 3 nitrogen and oxygen atoms in total. The van der Waals surface area contributed by atoms with Gasteiger partial charge >= 0.3 is 0 Å². The second-order valence-electron chi connectivity index (χ2n) is 6.38. The van der Waals surface area contributed by atoms with E-state index in [-0.39, 0.29) is 11.7 Å². The van der Waals surface area contributed by atoms with E-state index in [4.69, 9.17) is 15.2 Å². The maximum absolute atomic E-state index is 13.6. The molecule has 0 amide bonds. The van der Waals surface area contributed by atoms with E-state index in [1.54, 1.807) is 13.2 Å². The maximum Gasteiger partial charge on any atom is 0.123 e. The summed E-state index contributed by atoms with van der Waals surface area (Å²) in [6.07, 6.45) is 0.704. The van der Waals surface area contributed by atoms with E-state index in [1.807, 2.05) is 24.3 Å². The molecule has 0 heterocycles. The Kier molecular flexibility index (Phi) is 6.62. The molecule has 0 aliphatic heterocycles. The first-order valence-electron chi connectivity index (χ1n) is 8.28. The van der Waals surface area contributed by atoms with Crippen molar-refractivity contribution in [3.05, 3.63) is 59.4 Å². The lowest BCUT2D eigenvalue weighted by Gasteiger charge is -2.19. The predicted molar refractivity (Wildman–Crippen MR) is 95.2 cm³/mol. The van der Waals surface area contributed by atoms with Gasteiger partial charge in [-0.2, -0.15) is 0 Å². The van der Waals surface area contributed by atoms with Gasteiger partial charge in [0, 0.05) is 11.5 Å². The average molecular weight is 331 g/mol. The van der Waals surface area contributed by atoms with E-state index in [0.29, 0.717) is 31.2 Å². The normalized spacial score (nSPS) is 12.2. The van der Waals surface area contributed by atoms with Crippen LogP contribution in [0, 0.1) is 11.7 Å². The summed E-state index contributed by atoms with van der Waals surface area (Å²) in [5.74, 6) is 1.69. The Labute approximate surface area is 143 Å². The molecular formula is C20H26FNO2. The lowest BCUT2D eigenvalue weighted by molar-refractivity contribution is 0.271. The first-order chi connectivity index (χ1) is 11.5. The summed E-state index contributed by atoms with van der Waals surface area (Å²) in [6.45, 7) is 5.33. The van der Waals surface area contributed by atoms with E-state index < -0.39 is 0 Å². The molecule has 0 aromatic heterocycles. The molecule has 2 aromatic rings. The minimum atomic E-state index is -0.279. The van der Waals surface area contributed by atoms with Crippen molar-refractivity contribution < 1.29 is 13.9 Å². The topological polar surface area (TPSA) is 44.5 Å². The van der Waals surface area contributed by atoms with Crippen LogP contribution in [0.3, 0.4) is 0 Å². The Balaban J connectivity index is 2.19. The fraction of sp³-hybridized carbons (Fsp3) is 0.400. The SMILES string of the molecule is COc1ccc(F)cc1C(CN)Cc1cccc(OCC(C)C)c1. The van der Waals surface area contributed by atoms with Crippen molar-refractivity contribution in [1.29, 1.82) is 0 Å². The third kappa shape index (κ3) is 4.96. The molecule has 1 unspecified atom stereocenters. The van der Waals surface area contributed by atoms with E-state index >= 15 is 0 Å². The number of halogens is 1. The van der Waals surface area contributed by atoms with Gasteiger partial charge in [0.05, 0.1) is 13.7 Å². The molecule has 2 N–H and O–H groups in total. The zero-order valence-electron chi connectivity index (χ0n) is 14.6. The molecule has 2 rings (SSSR count). The first-order valence-corrected chi connectivity index (χ1v) is 8.28. The predicted octanol–water partition coefficient (Wildman–Crippen LogP) is 4.15. The Hall–Kier alpha value is -2.07. The van der Waals surface area contributed by atoms with Crippen LogP contribution in [0.4, 0.5) is 4.39 Å². The fourth-order valence-corrected chi connectivity index (χ4v) is 2.65. The molecule has 0 bridgehead atoms. The van der Waals surface area contributed by atoms with Gasteiger partial charge < -0.3 is 15.2 Å². The van der Waals surface area contributed by atoms with Crippen LogP contribution in [0.5, 0.6) is 11.5 Å². The minimum absolute atomic E-state index is 0.0176. The Bertz CT molecular complexity index is 658. The summed E-state index contributed by atoms with van der Waals surface area (Å²) in [4.78, 5) is 0. The largest absolute Gasteiger partial charge is 0.496 e. The van der Waals surface area contributed by atoms with Crippen molar-refractivity contribution in [2.75, 3.05) is 20.3 Å². The van der Waals surface area contributed by atoms with Crippen LogP contribution >= 0.6 is 0 Å². The number of benzene rings is 2. The van der Waals surface area contributed by atoms with Gasteiger partial charge in [0.2, 0.25) is 0 Å². The van der Waals surface area contributed by atoms with Gasteiger partial charge in [-0.25, -0.2) is 4.39 Å². The molecule has 0 fully saturated rings. The third-order valence-corrected chi connectivity index (χ3v) is 3.88. The Morgan fingerprint density at radius 2 is 1.92 bits per heavy atom. The Morgan fingerprint density at radius 3 is 2.58 bits per heavy atom. The molecule has 4 heteroatoms. The van der Waals surface area contributed by atoms with Crippen molar-refractivity contribution in [3.63, 3.8) is 0 Å². The molecule has 2 aromatic carbocycles. The van der Waals surface area contributed by atoms with Gasteiger partial charge in [-0.05, 0) is 54.8 Å².